The number of benzene rings is 2. The number of nitrogens with zero attached hydrogens (tertiary/aromatic N) is 1. The Labute approximate surface area is 174 Å². The largest absolute Gasteiger partial charge is 0.416 e. The van der Waals surface area contributed by atoms with E-state index in [0.29, 0.717) is 31.8 Å². The lowest BCUT2D eigenvalue weighted by atomic mass is 10.0. The third-order valence-corrected chi connectivity index (χ3v) is 5.79. The molecule has 2 aromatic carbocycles. The maximum Gasteiger partial charge on any atom is 0.416 e. The third kappa shape index (κ3) is 6.28. The molecule has 164 valence electrons. The van der Waals surface area contributed by atoms with Crippen LogP contribution in [0.5, 0.6) is 0 Å². The van der Waals surface area contributed by atoms with Crippen LogP contribution in [0.4, 0.5) is 13.2 Å². The third-order valence-electron chi connectivity index (χ3n) is 5.01. The number of morpholine rings is 1. The molecular formula is C21H25F3N2O3S. The van der Waals surface area contributed by atoms with Gasteiger partial charge >= 0.3 is 6.18 Å². The molecule has 0 saturated carbocycles. The zero-order valence-corrected chi connectivity index (χ0v) is 17.6. The highest BCUT2D eigenvalue weighted by molar-refractivity contribution is 7.88. The van der Waals surface area contributed by atoms with E-state index in [1.165, 1.54) is 6.07 Å². The number of hydrogen-bond donors (Lipinski definition) is 1. The number of sulfonamides is 1. The summed E-state index contributed by atoms with van der Waals surface area (Å²) < 4.78 is 70.0. The quantitative estimate of drug-likeness (QED) is 0.738. The van der Waals surface area contributed by atoms with Crippen molar-refractivity contribution < 1.29 is 26.3 Å². The van der Waals surface area contributed by atoms with Gasteiger partial charge in [-0.25, -0.2) is 13.1 Å². The smallest absolute Gasteiger partial charge is 0.371 e. The molecule has 1 heterocycles. The molecule has 1 unspecified atom stereocenters. The van der Waals surface area contributed by atoms with Crippen LogP contribution < -0.4 is 4.72 Å². The van der Waals surface area contributed by atoms with Crippen LogP contribution in [0.25, 0.3) is 0 Å². The molecule has 0 bridgehead atoms. The van der Waals surface area contributed by atoms with Crippen molar-refractivity contribution in [2.75, 3.05) is 26.0 Å². The predicted molar refractivity (Wildman–Crippen MR) is 108 cm³/mol. The first kappa shape index (κ1) is 22.7. The highest BCUT2D eigenvalue weighted by Crippen LogP contribution is 2.32. The molecule has 2 aromatic rings. The van der Waals surface area contributed by atoms with Crippen LogP contribution in [0.3, 0.4) is 0 Å². The standard InChI is InChI=1S/C21H25F3N2O3S/c1-15(25-30(2,27)28)17-8-6-16(7-9-17)13-26-10-11-29-20(14-26)18-4-3-5-19(12-18)21(22,23)24/h3-9,12,15,20,25H,10-11,13-14H2,1-2H3/t15-,20?/m1/s1. The van der Waals surface area contributed by atoms with E-state index >= 15 is 0 Å². The van der Waals surface area contributed by atoms with Crippen LogP contribution >= 0.6 is 0 Å². The van der Waals surface area contributed by atoms with Crippen LogP contribution in [0.15, 0.2) is 48.5 Å². The van der Waals surface area contributed by atoms with E-state index in [4.69, 9.17) is 4.74 Å². The van der Waals surface area contributed by atoms with Gasteiger partial charge in [0.15, 0.2) is 0 Å². The minimum Gasteiger partial charge on any atom is -0.371 e. The zero-order valence-electron chi connectivity index (χ0n) is 16.8. The fourth-order valence-corrected chi connectivity index (χ4v) is 4.30. The highest BCUT2D eigenvalue weighted by atomic mass is 32.2. The van der Waals surface area contributed by atoms with E-state index in [1.54, 1.807) is 13.0 Å². The molecule has 0 amide bonds. The van der Waals surface area contributed by atoms with Gasteiger partial charge in [0.05, 0.1) is 24.5 Å². The Hall–Kier alpha value is -1.94. The number of hydrogen-bond acceptors (Lipinski definition) is 4. The summed E-state index contributed by atoms with van der Waals surface area (Å²) in [6.07, 6.45) is -3.67. The van der Waals surface area contributed by atoms with E-state index in [9.17, 15) is 21.6 Å². The number of ether oxygens (including phenoxy) is 1. The topological polar surface area (TPSA) is 58.6 Å². The fourth-order valence-electron chi connectivity index (χ4n) is 3.52. The second-order valence-electron chi connectivity index (χ2n) is 7.57. The van der Waals surface area contributed by atoms with Crippen molar-refractivity contribution in [3.8, 4) is 0 Å². The Morgan fingerprint density at radius 3 is 2.53 bits per heavy atom. The molecule has 3 rings (SSSR count). The summed E-state index contributed by atoms with van der Waals surface area (Å²) in [5, 5.41) is 0. The van der Waals surface area contributed by atoms with E-state index in [1.807, 2.05) is 24.3 Å². The van der Waals surface area contributed by atoms with Gasteiger partial charge in [0.1, 0.15) is 0 Å². The SMILES string of the molecule is C[C@@H](NS(C)(=O)=O)c1ccc(CN2CCOC(c3cccc(C(F)(F)F)c3)C2)cc1. The molecule has 1 N–H and O–H groups in total. The molecular weight excluding hydrogens is 417 g/mol. The molecule has 0 aliphatic carbocycles. The molecule has 5 nitrogen and oxygen atoms in total. The van der Waals surface area contributed by atoms with Gasteiger partial charge in [-0.1, -0.05) is 36.4 Å². The lowest BCUT2D eigenvalue weighted by Crippen LogP contribution is -2.37. The Balaban J connectivity index is 1.64. The average Bonchev–Trinajstić information content (AvgIpc) is 2.67. The van der Waals surface area contributed by atoms with Gasteiger partial charge in [0.2, 0.25) is 10.0 Å². The van der Waals surface area contributed by atoms with Crippen molar-refractivity contribution in [3.63, 3.8) is 0 Å². The Morgan fingerprint density at radius 2 is 1.90 bits per heavy atom. The molecule has 30 heavy (non-hydrogen) atoms. The van der Waals surface area contributed by atoms with Crippen molar-refractivity contribution in [3.05, 3.63) is 70.8 Å². The van der Waals surface area contributed by atoms with Crippen molar-refractivity contribution >= 4 is 10.0 Å². The van der Waals surface area contributed by atoms with Gasteiger partial charge < -0.3 is 4.74 Å². The predicted octanol–water partition coefficient (Wildman–Crippen LogP) is 3.89. The molecule has 1 fully saturated rings. The second kappa shape index (κ2) is 9.05. The lowest BCUT2D eigenvalue weighted by molar-refractivity contribution is -0.137. The molecule has 9 heteroatoms. The van der Waals surface area contributed by atoms with Gasteiger partial charge in [-0.05, 0) is 35.7 Å². The molecule has 2 atom stereocenters. The van der Waals surface area contributed by atoms with E-state index in [0.717, 1.165) is 29.5 Å². The van der Waals surface area contributed by atoms with Gasteiger partial charge in [-0.15, -0.1) is 0 Å². The minimum atomic E-state index is -4.38. The van der Waals surface area contributed by atoms with Crippen molar-refractivity contribution in [2.45, 2.75) is 31.8 Å². The molecule has 1 saturated heterocycles. The first-order valence-corrected chi connectivity index (χ1v) is 11.5. The molecule has 0 radical (unpaired) electrons. The van der Waals surface area contributed by atoms with Crippen LogP contribution in [-0.4, -0.2) is 39.3 Å². The molecule has 0 aromatic heterocycles. The first-order valence-electron chi connectivity index (χ1n) is 9.58. The first-order chi connectivity index (χ1) is 14.0. The van der Waals surface area contributed by atoms with Crippen LogP contribution in [0, 0.1) is 0 Å². The lowest BCUT2D eigenvalue weighted by Gasteiger charge is -2.33. The van der Waals surface area contributed by atoms with Gasteiger partial charge in [0, 0.05) is 25.7 Å². The van der Waals surface area contributed by atoms with Crippen molar-refractivity contribution in [2.24, 2.45) is 0 Å². The summed E-state index contributed by atoms with van der Waals surface area (Å²) >= 11 is 0. The summed E-state index contributed by atoms with van der Waals surface area (Å²) in [7, 11) is -3.29. The average molecular weight is 443 g/mol. The van der Waals surface area contributed by atoms with Crippen LogP contribution in [0.2, 0.25) is 0 Å². The van der Waals surface area contributed by atoms with Crippen molar-refractivity contribution in [1.82, 2.24) is 9.62 Å². The monoisotopic (exact) mass is 442 g/mol. The minimum absolute atomic E-state index is 0.331. The zero-order chi connectivity index (χ0) is 21.9. The molecule has 0 spiro atoms. The molecule has 1 aliphatic heterocycles. The summed E-state index contributed by atoms with van der Waals surface area (Å²) in [6.45, 7) is 4.03. The van der Waals surface area contributed by atoms with E-state index in [2.05, 4.69) is 9.62 Å². The van der Waals surface area contributed by atoms with Gasteiger partial charge in [-0.3, -0.25) is 4.90 Å². The number of rotatable bonds is 6. The number of halogens is 3. The van der Waals surface area contributed by atoms with E-state index in [-0.39, 0.29) is 6.04 Å². The molecule has 1 aliphatic rings. The second-order valence-corrected chi connectivity index (χ2v) is 9.35. The summed E-state index contributed by atoms with van der Waals surface area (Å²) in [6, 6.07) is 12.6. The Morgan fingerprint density at radius 1 is 1.20 bits per heavy atom. The number of alkyl halides is 3. The summed E-state index contributed by atoms with van der Waals surface area (Å²) in [4.78, 5) is 2.14. The van der Waals surface area contributed by atoms with Gasteiger partial charge in [-0.2, -0.15) is 13.2 Å². The Kier molecular flexibility index (Phi) is 6.86. The van der Waals surface area contributed by atoms with Gasteiger partial charge in [0.25, 0.3) is 0 Å². The fraction of sp³-hybridized carbons (Fsp3) is 0.429. The maximum atomic E-state index is 13.0. The maximum absolute atomic E-state index is 13.0. The summed E-state index contributed by atoms with van der Waals surface area (Å²) in [5.41, 5.74) is 1.74. The normalized spacial score (nSPS) is 19.6. The summed E-state index contributed by atoms with van der Waals surface area (Å²) in [5.74, 6) is 0. The van der Waals surface area contributed by atoms with E-state index < -0.39 is 27.9 Å². The van der Waals surface area contributed by atoms with Crippen molar-refractivity contribution in [1.29, 1.82) is 0 Å². The Bertz CT molecular complexity index is 962. The van der Waals surface area contributed by atoms with Crippen LogP contribution in [-0.2, 0) is 27.5 Å². The van der Waals surface area contributed by atoms with Crippen LogP contribution in [0.1, 0.15) is 41.3 Å². The number of nitrogens with one attached hydrogen (secondary N) is 1. The highest BCUT2D eigenvalue weighted by Gasteiger charge is 2.31.